The lowest BCUT2D eigenvalue weighted by Crippen LogP contribution is -2.23. The highest BCUT2D eigenvalue weighted by molar-refractivity contribution is 7.15. The van der Waals surface area contributed by atoms with E-state index in [2.05, 4.69) is 10.3 Å². The van der Waals surface area contributed by atoms with Gasteiger partial charge in [0, 0.05) is 12.5 Å². The Hall–Kier alpha value is -3.15. The van der Waals surface area contributed by atoms with Gasteiger partial charge in [-0.05, 0) is 73.5 Å². The number of aromatic carboxylic acids is 1. The Balaban J connectivity index is 0.000000183. The van der Waals surface area contributed by atoms with Gasteiger partial charge in [-0.3, -0.25) is 0 Å². The normalized spacial score (nSPS) is 15.7. The van der Waals surface area contributed by atoms with Crippen LogP contribution in [0.25, 0.3) is 10.4 Å². The van der Waals surface area contributed by atoms with Crippen molar-refractivity contribution in [1.82, 2.24) is 10.3 Å². The number of ether oxygens (including phenoxy) is 2. The lowest BCUT2D eigenvalue weighted by atomic mass is 10.1. The van der Waals surface area contributed by atoms with Crippen LogP contribution in [0.1, 0.15) is 64.3 Å². The third kappa shape index (κ3) is 7.71. The second-order valence-corrected chi connectivity index (χ2v) is 10.7. The van der Waals surface area contributed by atoms with Gasteiger partial charge in [0.2, 0.25) is 0 Å². The summed E-state index contributed by atoms with van der Waals surface area (Å²) in [6.45, 7) is 1.58. The number of benzene rings is 2. The van der Waals surface area contributed by atoms with Gasteiger partial charge in [-0.1, -0.05) is 18.2 Å². The molecule has 2 saturated carbocycles. The van der Waals surface area contributed by atoms with E-state index in [9.17, 15) is 28.2 Å². The van der Waals surface area contributed by atoms with Gasteiger partial charge in [0.05, 0.1) is 35.8 Å². The van der Waals surface area contributed by atoms with Crippen LogP contribution in [0, 0.1) is 5.92 Å². The maximum absolute atomic E-state index is 12.8. The SMILES string of the molecule is COc1ccc(C(O)CNCC2CC2)cc1OC.O=C(O)c1nc(C2CC2)sc1-c1cccc(C(F)(F)F)c1. The Bertz CT molecular complexity index is 1290. The zero-order chi connectivity index (χ0) is 28.2. The summed E-state index contributed by atoms with van der Waals surface area (Å²) < 4.78 is 48.7. The number of aromatic nitrogens is 1. The van der Waals surface area contributed by atoms with Crippen LogP contribution in [0.3, 0.4) is 0 Å². The molecule has 11 heteroatoms. The number of aliphatic hydroxyl groups is 1. The fraction of sp³-hybridized carbons (Fsp3) is 0.429. The molecular formula is C28H31F3N2O5S. The van der Waals surface area contributed by atoms with Crippen molar-refractivity contribution in [3.63, 3.8) is 0 Å². The third-order valence-electron chi connectivity index (χ3n) is 6.48. The molecule has 0 radical (unpaired) electrons. The molecule has 2 aliphatic rings. The van der Waals surface area contributed by atoms with Crippen LogP contribution < -0.4 is 14.8 Å². The molecule has 0 bridgehead atoms. The molecule has 1 heterocycles. The van der Waals surface area contributed by atoms with Crippen LogP contribution in [0.15, 0.2) is 42.5 Å². The maximum Gasteiger partial charge on any atom is 0.416 e. The molecule has 1 atom stereocenters. The van der Waals surface area contributed by atoms with Crippen molar-refractivity contribution in [3.8, 4) is 21.9 Å². The largest absolute Gasteiger partial charge is 0.493 e. The summed E-state index contributed by atoms with van der Waals surface area (Å²) in [4.78, 5) is 15.6. The molecular weight excluding hydrogens is 533 g/mol. The highest BCUT2D eigenvalue weighted by atomic mass is 32.1. The summed E-state index contributed by atoms with van der Waals surface area (Å²) in [5.74, 6) is 1.19. The number of hydrogen-bond donors (Lipinski definition) is 3. The number of carboxylic acids is 1. The topological polar surface area (TPSA) is 101 Å². The molecule has 39 heavy (non-hydrogen) atoms. The molecule has 210 valence electrons. The number of carboxylic acid groups (broad SMARTS) is 1. The number of halogens is 3. The van der Waals surface area contributed by atoms with E-state index in [0.717, 1.165) is 43.0 Å². The van der Waals surface area contributed by atoms with Crippen molar-refractivity contribution < 1.29 is 37.7 Å². The summed E-state index contributed by atoms with van der Waals surface area (Å²) >= 11 is 1.17. The smallest absolute Gasteiger partial charge is 0.416 e. The van der Waals surface area contributed by atoms with Gasteiger partial charge in [-0.2, -0.15) is 13.2 Å². The van der Waals surface area contributed by atoms with E-state index < -0.39 is 23.8 Å². The fourth-order valence-electron chi connectivity index (χ4n) is 3.94. The number of nitrogens with zero attached hydrogens (tertiary/aromatic N) is 1. The molecule has 3 aromatic rings. The predicted octanol–water partition coefficient (Wildman–Crippen LogP) is 6.14. The Kier molecular flexibility index (Phi) is 9.14. The Morgan fingerprint density at radius 3 is 2.41 bits per heavy atom. The summed E-state index contributed by atoms with van der Waals surface area (Å²) in [6.07, 6.45) is -0.422. The minimum Gasteiger partial charge on any atom is -0.493 e. The number of alkyl halides is 3. The summed E-state index contributed by atoms with van der Waals surface area (Å²) in [7, 11) is 3.20. The first kappa shape index (κ1) is 28.8. The lowest BCUT2D eigenvalue weighted by molar-refractivity contribution is -0.137. The molecule has 1 unspecified atom stereocenters. The molecule has 0 saturated heterocycles. The van der Waals surface area contributed by atoms with Crippen LogP contribution in [0.5, 0.6) is 11.5 Å². The Labute approximate surface area is 228 Å². The quantitative estimate of drug-likeness (QED) is 0.272. The third-order valence-corrected chi connectivity index (χ3v) is 7.75. The first-order valence-corrected chi connectivity index (χ1v) is 13.4. The van der Waals surface area contributed by atoms with Crippen molar-refractivity contribution in [1.29, 1.82) is 0 Å². The second kappa shape index (κ2) is 12.4. The van der Waals surface area contributed by atoms with Crippen molar-refractivity contribution >= 4 is 17.3 Å². The van der Waals surface area contributed by atoms with E-state index in [0.29, 0.717) is 23.1 Å². The standard InChI is InChI=1S/C14H10F3NO2S.C14H21NO3/c15-14(16,17)9-3-1-2-8(6-9)11-10(13(19)20)18-12(21-11)7-4-5-7;1-17-13-6-5-11(7-14(13)18-2)12(16)9-15-8-10-3-4-10/h1-3,6-7H,4-5H2,(H,19,20);5-7,10,12,15-16H,3-4,8-9H2,1-2H3. The Morgan fingerprint density at radius 2 is 1.82 bits per heavy atom. The molecule has 1 aromatic heterocycles. The number of thiazole rings is 1. The number of methoxy groups -OCH3 is 2. The molecule has 0 aliphatic heterocycles. The zero-order valence-corrected chi connectivity index (χ0v) is 22.4. The summed E-state index contributed by atoms with van der Waals surface area (Å²) in [5.41, 5.74) is 0.126. The van der Waals surface area contributed by atoms with E-state index in [4.69, 9.17) is 9.47 Å². The van der Waals surface area contributed by atoms with Gasteiger partial charge in [-0.15, -0.1) is 11.3 Å². The van der Waals surface area contributed by atoms with Crippen LogP contribution >= 0.6 is 11.3 Å². The van der Waals surface area contributed by atoms with Crippen molar-refractivity contribution in [2.45, 2.75) is 43.9 Å². The second-order valence-electron chi connectivity index (χ2n) is 9.62. The van der Waals surface area contributed by atoms with Crippen molar-refractivity contribution in [3.05, 3.63) is 64.3 Å². The number of nitrogens with one attached hydrogen (secondary N) is 1. The van der Waals surface area contributed by atoms with E-state index in [-0.39, 0.29) is 22.1 Å². The van der Waals surface area contributed by atoms with Gasteiger partial charge in [-0.25, -0.2) is 9.78 Å². The van der Waals surface area contributed by atoms with Gasteiger partial charge in [0.25, 0.3) is 0 Å². The Morgan fingerprint density at radius 1 is 1.10 bits per heavy atom. The van der Waals surface area contributed by atoms with E-state index in [1.54, 1.807) is 14.2 Å². The molecule has 0 spiro atoms. The summed E-state index contributed by atoms with van der Waals surface area (Å²) in [6, 6.07) is 10.2. The molecule has 2 fully saturated rings. The molecule has 2 aliphatic carbocycles. The van der Waals surface area contributed by atoms with E-state index in [1.807, 2.05) is 18.2 Å². The van der Waals surface area contributed by atoms with Gasteiger partial charge in [0.1, 0.15) is 0 Å². The van der Waals surface area contributed by atoms with Crippen LogP contribution in [0.4, 0.5) is 13.2 Å². The summed E-state index contributed by atoms with van der Waals surface area (Å²) in [5, 5.41) is 23.3. The minimum absolute atomic E-state index is 0.166. The molecule has 0 amide bonds. The number of hydrogen-bond acceptors (Lipinski definition) is 7. The average molecular weight is 565 g/mol. The first-order chi connectivity index (χ1) is 18.6. The lowest BCUT2D eigenvalue weighted by Gasteiger charge is -2.14. The van der Waals surface area contributed by atoms with Gasteiger partial charge < -0.3 is 25.0 Å². The molecule has 2 aromatic carbocycles. The highest BCUT2D eigenvalue weighted by Crippen LogP contribution is 2.45. The van der Waals surface area contributed by atoms with Crippen LogP contribution in [-0.4, -0.2) is 48.5 Å². The number of rotatable bonds is 10. The number of carbonyl (C=O) groups is 1. The van der Waals surface area contributed by atoms with Gasteiger partial charge in [0.15, 0.2) is 17.2 Å². The zero-order valence-electron chi connectivity index (χ0n) is 21.6. The van der Waals surface area contributed by atoms with Crippen molar-refractivity contribution in [2.24, 2.45) is 5.92 Å². The monoisotopic (exact) mass is 564 g/mol. The van der Waals surface area contributed by atoms with Crippen LogP contribution in [-0.2, 0) is 6.18 Å². The first-order valence-electron chi connectivity index (χ1n) is 12.6. The highest BCUT2D eigenvalue weighted by Gasteiger charge is 2.33. The fourth-order valence-corrected chi connectivity index (χ4v) is 5.17. The van der Waals surface area contributed by atoms with Gasteiger partial charge >= 0.3 is 12.1 Å². The molecule has 7 nitrogen and oxygen atoms in total. The predicted molar refractivity (Wildman–Crippen MR) is 142 cm³/mol. The molecule has 3 N–H and O–H groups in total. The average Bonchev–Trinajstić information content (AvgIpc) is 3.87. The molecule has 5 rings (SSSR count). The van der Waals surface area contributed by atoms with E-state index in [1.165, 1.54) is 36.3 Å². The van der Waals surface area contributed by atoms with Crippen LogP contribution in [0.2, 0.25) is 0 Å². The minimum atomic E-state index is -4.45. The van der Waals surface area contributed by atoms with E-state index >= 15 is 0 Å². The van der Waals surface area contributed by atoms with Crippen molar-refractivity contribution in [2.75, 3.05) is 27.3 Å². The number of aliphatic hydroxyl groups excluding tert-OH is 1. The maximum atomic E-state index is 12.8.